The van der Waals surface area contributed by atoms with Crippen LogP contribution in [-0.4, -0.2) is 40.8 Å². The molecule has 0 saturated heterocycles. The van der Waals surface area contributed by atoms with Gasteiger partial charge in [0.15, 0.2) is 0 Å². The monoisotopic (exact) mass is 380 g/mol. The molecule has 0 N–H and O–H groups in total. The fraction of sp³-hybridized carbons (Fsp3) is 1.00. The average molecular weight is 380 g/mol. The molecule has 20 heavy (non-hydrogen) atoms. The molecular formula is C3F8O6S3. The van der Waals surface area contributed by atoms with Crippen LogP contribution in [0.3, 0.4) is 0 Å². The summed E-state index contributed by atoms with van der Waals surface area (Å²) in [6.07, 6.45) is 0. The van der Waals surface area contributed by atoms with Gasteiger partial charge in [0, 0.05) is 0 Å². The van der Waals surface area contributed by atoms with Gasteiger partial charge in [0.05, 0.1) is 0 Å². The SMILES string of the molecule is O=S(=O)(F)C(F)(F)C(F)(C(F)(F)S(=O)(=O)F)S(=O)(=O)F. The van der Waals surface area contributed by atoms with Crippen molar-refractivity contribution in [1.82, 2.24) is 0 Å². The second kappa shape index (κ2) is 4.39. The summed E-state index contributed by atoms with van der Waals surface area (Å²) in [5, 5.41) is -22.5. The number of alkyl halides is 5. The quantitative estimate of drug-likeness (QED) is 0.515. The molecule has 6 nitrogen and oxygen atoms in total. The summed E-state index contributed by atoms with van der Waals surface area (Å²) < 4.78 is 159. The number of hydrogen-bond donors (Lipinski definition) is 0. The Morgan fingerprint density at radius 1 is 0.500 bits per heavy atom. The van der Waals surface area contributed by atoms with Crippen molar-refractivity contribution in [3.63, 3.8) is 0 Å². The van der Waals surface area contributed by atoms with Crippen LogP contribution < -0.4 is 0 Å². The van der Waals surface area contributed by atoms with Crippen molar-refractivity contribution in [1.29, 1.82) is 0 Å². The van der Waals surface area contributed by atoms with Crippen LogP contribution in [0.2, 0.25) is 0 Å². The number of halogens is 8. The first kappa shape index (κ1) is 19.3. The Hall–Kier alpha value is -0.710. The first-order valence-corrected chi connectivity index (χ1v) is 7.67. The van der Waals surface area contributed by atoms with Crippen LogP contribution in [0.5, 0.6) is 0 Å². The smallest absolute Gasteiger partial charge is 0.206 e. The van der Waals surface area contributed by atoms with Gasteiger partial charge in [-0.15, -0.1) is 3.89 Å². The summed E-state index contributed by atoms with van der Waals surface area (Å²) in [4.78, 5) is 0. The van der Waals surface area contributed by atoms with Gasteiger partial charge in [-0.1, -0.05) is 7.77 Å². The van der Waals surface area contributed by atoms with E-state index in [0.29, 0.717) is 0 Å². The van der Waals surface area contributed by atoms with Gasteiger partial charge in [-0.05, 0) is 0 Å². The first-order chi connectivity index (χ1) is 8.25. The molecule has 0 saturated carbocycles. The molecule has 0 fully saturated rings. The van der Waals surface area contributed by atoms with Gasteiger partial charge >= 0.3 is 46.2 Å². The summed E-state index contributed by atoms with van der Waals surface area (Å²) in [5.41, 5.74) is 0. The van der Waals surface area contributed by atoms with E-state index in [4.69, 9.17) is 0 Å². The predicted molar refractivity (Wildman–Crippen MR) is 43.8 cm³/mol. The number of hydrogen-bond acceptors (Lipinski definition) is 6. The minimum atomic E-state index is -8.15. The summed E-state index contributed by atoms with van der Waals surface area (Å²) in [5.74, 6) is 0. The molecule has 0 spiro atoms. The fourth-order valence-electron chi connectivity index (χ4n) is 0.767. The zero-order chi connectivity index (χ0) is 17.0. The Morgan fingerprint density at radius 3 is 0.800 bits per heavy atom. The first-order valence-electron chi connectivity index (χ1n) is 3.52. The highest BCUT2D eigenvalue weighted by atomic mass is 32.3. The van der Waals surface area contributed by atoms with Crippen LogP contribution in [-0.2, 0) is 30.7 Å². The second-order valence-corrected chi connectivity index (χ2v) is 7.16. The van der Waals surface area contributed by atoms with Crippen molar-refractivity contribution in [3.05, 3.63) is 0 Å². The van der Waals surface area contributed by atoms with Crippen LogP contribution >= 0.6 is 0 Å². The van der Waals surface area contributed by atoms with Gasteiger partial charge in [0.1, 0.15) is 0 Å². The molecule has 0 aromatic carbocycles. The number of rotatable bonds is 5. The van der Waals surface area contributed by atoms with Crippen molar-refractivity contribution >= 4 is 30.7 Å². The van der Waals surface area contributed by atoms with E-state index in [1.807, 2.05) is 0 Å². The van der Waals surface area contributed by atoms with E-state index in [-0.39, 0.29) is 0 Å². The molecule has 0 radical (unpaired) electrons. The highest BCUT2D eigenvalue weighted by Crippen LogP contribution is 2.54. The highest BCUT2D eigenvalue weighted by molar-refractivity contribution is 7.94. The highest BCUT2D eigenvalue weighted by Gasteiger charge is 2.88. The topological polar surface area (TPSA) is 102 Å². The van der Waals surface area contributed by atoms with E-state index in [0.717, 1.165) is 0 Å². The lowest BCUT2D eigenvalue weighted by molar-refractivity contribution is -0.129. The lowest BCUT2D eigenvalue weighted by Crippen LogP contribution is -2.65. The molecule has 0 bridgehead atoms. The summed E-state index contributed by atoms with van der Waals surface area (Å²) in [6, 6.07) is 0. The Balaban J connectivity index is 7.01. The molecule has 0 aromatic rings. The zero-order valence-electron chi connectivity index (χ0n) is 8.20. The van der Waals surface area contributed by atoms with E-state index >= 15 is 0 Å². The van der Waals surface area contributed by atoms with Crippen molar-refractivity contribution < 1.29 is 58.9 Å². The standard InChI is InChI=1S/C3F8O6S3/c4-1(18(9,12)13,2(5,6)19(10,14)15)3(7,8)20(11,16)17. The molecule has 0 amide bonds. The molecule has 0 rings (SSSR count). The van der Waals surface area contributed by atoms with E-state index < -0.39 is 46.2 Å². The van der Waals surface area contributed by atoms with Gasteiger partial charge in [-0.3, -0.25) is 0 Å². The van der Waals surface area contributed by atoms with E-state index in [1.54, 1.807) is 0 Å². The van der Waals surface area contributed by atoms with E-state index in [9.17, 15) is 58.9 Å². The molecule has 122 valence electrons. The van der Waals surface area contributed by atoms with Crippen LogP contribution in [0.15, 0.2) is 0 Å². The van der Waals surface area contributed by atoms with Gasteiger partial charge < -0.3 is 0 Å². The summed E-state index contributed by atoms with van der Waals surface area (Å²) in [6.45, 7) is 0. The summed E-state index contributed by atoms with van der Waals surface area (Å²) in [7, 11) is -24.0. The van der Waals surface area contributed by atoms with Crippen LogP contribution in [0.4, 0.5) is 33.6 Å². The van der Waals surface area contributed by atoms with Gasteiger partial charge in [-0.2, -0.15) is 42.8 Å². The summed E-state index contributed by atoms with van der Waals surface area (Å²) >= 11 is 0. The van der Waals surface area contributed by atoms with Gasteiger partial charge in [0.2, 0.25) is 0 Å². The third-order valence-corrected chi connectivity index (χ3v) is 4.93. The molecular weight excluding hydrogens is 380 g/mol. The van der Waals surface area contributed by atoms with Crippen molar-refractivity contribution in [2.24, 2.45) is 0 Å². The molecule has 0 aliphatic rings. The molecule has 0 atom stereocenters. The van der Waals surface area contributed by atoms with Gasteiger partial charge in [-0.25, -0.2) is 4.39 Å². The Kier molecular flexibility index (Phi) is 4.23. The van der Waals surface area contributed by atoms with Crippen LogP contribution in [0.1, 0.15) is 0 Å². The lowest BCUT2D eigenvalue weighted by Gasteiger charge is -2.30. The molecule has 0 aliphatic heterocycles. The molecule has 0 heterocycles. The van der Waals surface area contributed by atoms with E-state index in [1.165, 1.54) is 0 Å². The van der Waals surface area contributed by atoms with E-state index in [2.05, 4.69) is 0 Å². The zero-order valence-corrected chi connectivity index (χ0v) is 10.6. The maximum Gasteiger partial charge on any atom is 0.431 e. The Morgan fingerprint density at radius 2 is 0.700 bits per heavy atom. The maximum atomic E-state index is 13.1. The third-order valence-electron chi connectivity index (χ3n) is 1.70. The lowest BCUT2D eigenvalue weighted by atomic mass is 10.4. The van der Waals surface area contributed by atoms with Crippen LogP contribution in [0, 0.1) is 0 Å². The second-order valence-electron chi connectivity index (χ2n) is 2.94. The minimum absolute atomic E-state index is 7.48. The Labute approximate surface area is 106 Å². The molecule has 0 unspecified atom stereocenters. The molecule has 0 aromatic heterocycles. The predicted octanol–water partition coefficient (Wildman–Crippen LogP) is 0.736. The minimum Gasteiger partial charge on any atom is -0.206 e. The van der Waals surface area contributed by atoms with Crippen LogP contribution in [0.25, 0.3) is 0 Å². The van der Waals surface area contributed by atoms with Gasteiger partial charge in [0.25, 0.3) is 0 Å². The largest absolute Gasteiger partial charge is 0.431 e. The molecule has 0 aliphatic carbocycles. The van der Waals surface area contributed by atoms with Crippen molar-refractivity contribution in [2.45, 2.75) is 15.5 Å². The maximum absolute atomic E-state index is 13.1. The fourth-order valence-corrected chi connectivity index (χ4v) is 3.48. The molecule has 17 heteroatoms. The third kappa shape index (κ3) is 2.34. The Bertz CT molecular complexity index is 659. The van der Waals surface area contributed by atoms with Crippen molar-refractivity contribution in [2.75, 3.05) is 0 Å². The normalized spacial score (nSPS) is 16.2. The van der Waals surface area contributed by atoms with Crippen molar-refractivity contribution in [3.8, 4) is 0 Å². The average Bonchev–Trinajstić information content (AvgIpc) is 2.10.